The van der Waals surface area contributed by atoms with Crippen LogP contribution in [0.15, 0.2) is 24.0 Å². The second kappa shape index (κ2) is 9.31. The molecule has 0 spiro atoms. The average Bonchev–Trinajstić information content (AvgIpc) is 3.35. The number of fused-ring (bicyclic) bond motifs is 5. The highest BCUT2D eigenvalue weighted by molar-refractivity contribution is 6.29. The summed E-state index contributed by atoms with van der Waals surface area (Å²) >= 11 is 13.8. The molecule has 0 aromatic rings. The minimum atomic E-state index is -1.73. The van der Waals surface area contributed by atoms with Crippen molar-refractivity contribution in [3.63, 3.8) is 0 Å². The third kappa shape index (κ3) is 3.53. The largest absolute Gasteiger partial charge is 0.478 e. The zero-order valence-corrected chi connectivity index (χ0v) is 24.1. The molecule has 0 aromatic heterocycles. The van der Waals surface area contributed by atoms with E-state index in [1.54, 1.807) is 0 Å². The van der Waals surface area contributed by atoms with Crippen LogP contribution in [0.4, 0.5) is 0 Å². The maximum absolute atomic E-state index is 13.9. The molecule has 3 fully saturated rings. The van der Waals surface area contributed by atoms with Gasteiger partial charge >= 0.3 is 11.9 Å². The summed E-state index contributed by atoms with van der Waals surface area (Å²) in [6.45, 7) is 7.21. The van der Waals surface area contributed by atoms with Gasteiger partial charge in [-0.3, -0.25) is 14.4 Å². The summed E-state index contributed by atoms with van der Waals surface area (Å²) in [5.74, 6) is -4.37. The number of ketones is 2. The number of aliphatic carboxylic acids is 1. The van der Waals surface area contributed by atoms with Gasteiger partial charge in [-0.05, 0) is 55.3 Å². The number of carbonyl (C=O) groups is 4. The van der Waals surface area contributed by atoms with Crippen LogP contribution in [0.2, 0.25) is 0 Å². The third-order valence-corrected chi connectivity index (χ3v) is 12.3. The molecule has 1 aliphatic heterocycles. The van der Waals surface area contributed by atoms with Gasteiger partial charge in [0.2, 0.25) is 5.78 Å². The van der Waals surface area contributed by atoms with Crippen molar-refractivity contribution in [3.8, 4) is 0 Å². The number of aliphatic hydroxyl groups excluding tert-OH is 1. The molecule has 39 heavy (non-hydrogen) atoms. The molecule has 5 aliphatic rings. The highest BCUT2D eigenvalue weighted by Gasteiger charge is 2.77. The number of hydrogen-bond acceptors (Lipinski definition) is 7. The molecule has 0 saturated heterocycles. The summed E-state index contributed by atoms with van der Waals surface area (Å²) in [7, 11) is 0. The summed E-state index contributed by atoms with van der Waals surface area (Å²) in [5.41, 5.74) is -3.09. The van der Waals surface area contributed by atoms with Crippen molar-refractivity contribution in [2.24, 2.45) is 39.9 Å². The summed E-state index contributed by atoms with van der Waals surface area (Å²) in [6, 6.07) is 0. The number of allylic oxidation sites excluding steroid dienone is 3. The van der Waals surface area contributed by atoms with Gasteiger partial charge in [0.1, 0.15) is 11.9 Å². The van der Waals surface area contributed by atoms with Crippen LogP contribution in [0.5, 0.6) is 0 Å². The first-order valence-corrected chi connectivity index (χ1v) is 14.6. The highest BCUT2D eigenvalue weighted by Crippen LogP contribution is 2.75. The Hall–Kier alpha value is -1.90. The van der Waals surface area contributed by atoms with Crippen LogP contribution in [-0.2, 0) is 28.7 Å². The second-order valence-electron chi connectivity index (χ2n) is 12.6. The Kier molecular flexibility index (Phi) is 6.84. The van der Waals surface area contributed by atoms with E-state index in [2.05, 4.69) is 12.2 Å². The first-order valence-electron chi connectivity index (χ1n) is 13.7. The Morgan fingerprint density at radius 2 is 1.87 bits per heavy atom. The first kappa shape index (κ1) is 28.6. The van der Waals surface area contributed by atoms with Gasteiger partial charge in [-0.25, -0.2) is 4.79 Å². The van der Waals surface area contributed by atoms with E-state index < -0.39 is 57.1 Å². The van der Waals surface area contributed by atoms with Gasteiger partial charge in [-0.2, -0.15) is 0 Å². The van der Waals surface area contributed by atoms with Crippen molar-refractivity contribution in [3.05, 3.63) is 24.0 Å². The summed E-state index contributed by atoms with van der Waals surface area (Å²) < 4.78 is 11.6. The van der Waals surface area contributed by atoms with Crippen LogP contribution < -0.4 is 0 Å². The standard InChI is InChI=1S/C29H36Cl2O8/c1-14-9-17-18-10-20(38-15(2)32)16-7-5-6-8-26(16,3)29(18,31)21(34)12-27(17,4)28(14,22(35)13-30)23-11-19(33)24(39-23)25(36)37/h6,8,11,14,16-18,20-21,24,34H,5,7,9-10,12-13H2,1-4H3,(H,36,37)/t14-,16?,17+,18+,20?,21+,24?,26+,27+,28-,29+/m1/s1. The lowest BCUT2D eigenvalue weighted by Crippen LogP contribution is -2.71. The monoisotopic (exact) mass is 582 g/mol. The number of rotatable bonds is 5. The van der Waals surface area contributed by atoms with E-state index in [4.69, 9.17) is 32.7 Å². The number of Topliss-reactive ketones (excluding diaryl/α,β-unsaturated/α-hetero) is 1. The number of carbonyl (C=O) groups excluding carboxylic acids is 3. The van der Waals surface area contributed by atoms with Gasteiger partial charge in [0.25, 0.3) is 6.10 Å². The van der Waals surface area contributed by atoms with Crippen LogP contribution in [0.25, 0.3) is 0 Å². The molecule has 3 saturated carbocycles. The fourth-order valence-corrected chi connectivity index (χ4v) is 10.4. The minimum absolute atomic E-state index is 0.00585. The number of halogens is 2. The molecule has 1 heterocycles. The van der Waals surface area contributed by atoms with Gasteiger partial charge in [0.15, 0.2) is 5.78 Å². The Balaban J connectivity index is 1.67. The van der Waals surface area contributed by atoms with Gasteiger partial charge in [0, 0.05) is 24.3 Å². The zero-order chi connectivity index (χ0) is 28.7. The Morgan fingerprint density at radius 3 is 2.46 bits per heavy atom. The Morgan fingerprint density at radius 1 is 1.18 bits per heavy atom. The highest BCUT2D eigenvalue weighted by atomic mass is 35.5. The maximum Gasteiger partial charge on any atom is 0.353 e. The molecule has 5 rings (SSSR count). The predicted octanol–water partition coefficient (Wildman–Crippen LogP) is 4.05. The van der Waals surface area contributed by atoms with E-state index in [1.165, 1.54) is 6.92 Å². The fourth-order valence-electron chi connectivity index (χ4n) is 9.71. The lowest BCUT2D eigenvalue weighted by atomic mass is 9.42. The molecule has 4 aliphatic carbocycles. The molecule has 8 nitrogen and oxygen atoms in total. The lowest BCUT2D eigenvalue weighted by molar-refractivity contribution is -0.189. The summed E-state index contributed by atoms with van der Waals surface area (Å²) in [5, 5.41) is 21.6. The topological polar surface area (TPSA) is 127 Å². The van der Waals surface area contributed by atoms with E-state index in [9.17, 15) is 29.4 Å². The van der Waals surface area contributed by atoms with Crippen molar-refractivity contribution in [1.82, 2.24) is 0 Å². The predicted molar refractivity (Wildman–Crippen MR) is 142 cm³/mol. The first-order chi connectivity index (χ1) is 18.2. The number of esters is 1. The Bertz CT molecular complexity index is 1180. The summed E-state index contributed by atoms with van der Waals surface area (Å²) in [6.07, 6.45) is 4.71. The van der Waals surface area contributed by atoms with E-state index in [0.717, 1.165) is 18.9 Å². The molecule has 2 N–H and O–H groups in total. The van der Waals surface area contributed by atoms with Crippen molar-refractivity contribution in [2.45, 2.75) is 83.0 Å². The smallest absolute Gasteiger partial charge is 0.353 e. The van der Waals surface area contributed by atoms with Gasteiger partial charge in [-0.15, -0.1) is 23.2 Å². The fraction of sp³-hybridized carbons (Fsp3) is 0.724. The molecule has 0 bridgehead atoms. The minimum Gasteiger partial charge on any atom is -0.478 e. The van der Waals surface area contributed by atoms with Crippen molar-refractivity contribution in [1.29, 1.82) is 0 Å². The number of ether oxygens (including phenoxy) is 2. The van der Waals surface area contributed by atoms with Crippen molar-refractivity contribution in [2.75, 3.05) is 5.88 Å². The van der Waals surface area contributed by atoms with Crippen LogP contribution >= 0.6 is 23.2 Å². The third-order valence-electron chi connectivity index (χ3n) is 11.1. The van der Waals surface area contributed by atoms with Gasteiger partial charge in [0.05, 0.1) is 22.3 Å². The normalized spacial score (nSPS) is 48.3. The number of alkyl halides is 2. The molecule has 0 radical (unpaired) electrons. The zero-order valence-electron chi connectivity index (χ0n) is 22.6. The van der Waals surface area contributed by atoms with Crippen molar-refractivity contribution < 1.29 is 38.9 Å². The number of carboxylic acid groups (broad SMARTS) is 1. The Labute approximate surface area is 238 Å². The average molecular weight is 584 g/mol. The van der Waals surface area contributed by atoms with Crippen molar-refractivity contribution >= 4 is 46.7 Å². The molecule has 10 heteroatoms. The van der Waals surface area contributed by atoms with Crippen LogP contribution in [0, 0.1) is 39.9 Å². The van der Waals surface area contributed by atoms with Crippen LogP contribution in [-0.4, -0.2) is 62.8 Å². The lowest BCUT2D eigenvalue weighted by Gasteiger charge is -2.67. The van der Waals surface area contributed by atoms with Crippen LogP contribution in [0.3, 0.4) is 0 Å². The van der Waals surface area contributed by atoms with Gasteiger partial charge in [-0.1, -0.05) is 32.9 Å². The van der Waals surface area contributed by atoms with E-state index in [0.29, 0.717) is 12.8 Å². The number of hydrogen-bond donors (Lipinski definition) is 2. The molecule has 11 atom stereocenters. The van der Waals surface area contributed by atoms with E-state index >= 15 is 0 Å². The van der Waals surface area contributed by atoms with E-state index in [-0.39, 0.29) is 47.6 Å². The number of aliphatic hydroxyl groups is 1. The molecule has 3 unspecified atom stereocenters. The molecular formula is C29H36Cl2O8. The molecule has 0 amide bonds. The summed E-state index contributed by atoms with van der Waals surface area (Å²) in [4.78, 5) is 49.4. The van der Waals surface area contributed by atoms with Gasteiger partial charge < -0.3 is 19.7 Å². The van der Waals surface area contributed by atoms with E-state index in [1.807, 2.05) is 20.8 Å². The number of carboxylic acids is 1. The quantitative estimate of drug-likeness (QED) is 0.215. The SMILES string of the molecule is CC(=O)OC1C[C@H]2[C@@H]3C[C@@H](C)[C@@](C(=O)CCl)(C4=CC(=O)C(C(=O)O)O4)[C@@]3(C)C[C@H](O)[C@]2(Cl)[C@@]2(C)C=CCCC12. The molecular weight excluding hydrogens is 547 g/mol. The molecule has 0 aromatic carbocycles. The maximum atomic E-state index is 13.9. The molecule has 214 valence electrons. The van der Waals surface area contributed by atoms with Crippen LogP contribution in [0.1, 0.15) is 59.8 Å². The second-order valence-corrected chi connectivity index (χ2v) is 13.5.